The molecule has 12 aromatic rings. The monoisotopic (exact) mass is 867 g/mol. The molecule has 6 nitrogen and oxygen atoms in total. The van der Waals surface area contributed by atoms with E-state index < -0.39 is 5.41 Å². The lowest BCUT2D eigenvalue weighted by atomic mass is 9.70. The molecule has 3 aromatic heterocycles. The third-order valence-electron chi connectivity index (χ3n) is 13.8. The van der Waals surface area contributed by atoms with Crippen LogP contribution < -0.4 is 0 Å². The summed E-state index contributed by atoms with van der Waals surface area (Å²) in [6.07, 6.45) is 0. The summed E-state index contributed by atoms with van der Waals surface area (Å²) >= 11 is 0. The number of hydrogen-bond donors (Lipinski definition) is 0. The molecule has 68 heavy (non-hydrogen) atoms. The van der Waals surface area contributed by atoms with E-state index in [2.05, 4.69) is 133 Å². The van der Waals surface area contributed by atoms with E-state index in [9.17, 15) is 0 Å². The summed E-state index contributed by atoms with van der Waals surface area (Å²) in [5.41, 5.74) is 17.7. The van der Waals surface area contributed by atoms with Crippen molar-refractivity contribution in [2.45, 2.75) is 5.41 Å². The van der Waals surface area contributed by atoms with E-state index in [0.717, 1.165) is 89.0 Å². The molecule has 0 unspecified atom stereocenters. The van der Waals surface area contributed by atoms with Crippen LogP contribution in [-0.2, 0) is 5.41 Å². The van der Waals surface area contributed by atoms with Crippen LogP contribution in [0.1, 0.15) is 22.3 Å². The second-order valence-electron chi connectivity index (χ2n) is 17.5. The van der Waals surface area contributed by atoms with Gasteiger partial charge in [-0.15, -0.1) is 0 Å². The molecule has 0 radical (unpaired) electrons. The van der Waals surface area contributed by atoms with E-state index >= 15 is 0 Å². The fourth-order valence-corrected chi connectivity index (χ4v) is 10.8. The van der Waals surface area contributed by atoms with Crippen molar-refractivity contribution in [3.8, 4) is 90.3 Å². The minimum atomic E-state index is -0.745. The lowest BCUT2D eigenvalue weighted by molar-refractivity contribution is 0.669. The minimum absolute atomic E-state index is 0.606. The molecule has 2 aliphatic rings. The second-order valence-corrected chi connectivity index (χ2v) is 17.5. The van der Waals surface area contributed by atoms with Gasteiger partial charge in [0, 0.05) is 49.7 Å². The number of hydrogen-bond acceptors (Lipinski definition) is 6. The Morgan fingerprint density at radius 1 is 0.294 bits per heavy atom. The summed E-state index contributed by atoms with van der Waals surface area (Å²) in [4.78, 5) is 25.9. The zero-order valence-corrected chi connectivity index (χ0v) is 36.5. The van der Waals surface area contributed by atoms with Gasteiger partial charge < -0.3 is 4.42 Å². The van der Waals surface area contributed by atoms with Crippen LogP contribution >= 0.6 is 0 Å². The number of rotatable bonds is 6. The smallest absolute Gasteiger partial charge is 0.164 e. The molecule has 0 fully saturated rings. The molecule has 316 valence electrons. The first-order valence-electron chi connectivity index (χ1n) is 22.9. The second kappa shape index (κ2) is 15.0. The minimum Gasteiger partial charge on any atom is -0.455 e. The maximum atomic E-state index is 6.93. The quantitative estimate of drug-likeness (QED) is 0.166. The first kappa shape index (κ1) is 38.2. The van der Waals surface area contributed by atoms with Gasteiger partial charge in [0.25, 0.3) is 0 Å². The van der Waals surface area contributed by atoms with Crippen molar-refractivity contribution in [3.05, 3.63) is 247 Å². The molecule has 0 saturated carbocycles. The van der Waals surface area contributed by atoms with Gasteiger partial charge in [-0.25, -0.2) is 24.9 Å². The summed E-state index contributed by atoms with van der Waals surface area (Å²) in [5, 5.41) is 2.19. The molecule has 1 atom stereocenters. The highest BCUT2D eigenvalue weighted by Gasteiger charge is 2.53. The zero-order valence-electron chi connectivity index (χ0n) is 36.5. The van der Waals surface area contributed by atoms with Gasteiger partial charge in [-0.05, 0) is 63.2 Å². The predicted octanol–water partition coefficient (Wildman–Crippen LogP) is 14.9. The van der Waals surface area contributed by atoms with Crippen LogP contribution in [0.4, 0.5) is 0 Å². The van der Waals surface area contributed by atoms with Crippen molar-refractivity contribution < 1.29 is 4.42 Å². The molecule has 0 amide bonds. The Balaban J connectivity index is 1.05. The molecule has 0 saturated heterocycles. The lowest BCUT2D eigenvalue weighted by Crippen LogP contribution is -2.26. The van der Waals surface area contributed by atoms with Crippen LogP contribution in [-0.4, -0.2) is 24.9 Å². The molecule has 0 N–H and O–H groups in total. The van der Waals surface area contributed by atoms with Crippen LogP contribution in [0.25, 0.3) is 112 Å². The fourth-order valence-electron chi connectivity index (χ4n) is 10.8. The van der Waals surface area contributed by atoms with Gasteiger partial charge in [0.15, 0.2) is 23.3 Å². The Bertz CT molecular complexity index is 3850. The van der Waals surface area contributed by atoms with Gasteiger partial charge in [0.2, 0.25) is 0 Å². The summed E-state index contributed by atoms with van der Waals surface area (Å²) in [6, 6.07) is 78.5. The summed E-state index contributed by atoms with van der Waals surface area (Å²) in [6.45, 7) is 0. The molecule has 9 aromatic carbocycles. The fraction of sp³-hybridized carbons (Fsp3) is 0.0161. The van der Waals surface area contributed by atoms with Gasteiger partial charge in [-0.2, -0.15) is 0 Å². The number of nitrogens with zero attached hydrogens (tertiary/aromatic N) is 5. The molecular weight excluding hydrogens is 831 g/mol. The molecule has 2 aliphatic carbocycles. The first-order valence-corrected chi connectivity index (χ1v) is 22.9. The van der Waals surface area contributed by atoms with Gasteiger partial charge in [-0.3, -0.25) is 0 Å². The van der Waals surface area contributed by atoms with Gasteiger partial charge in [0.1, 0.15) is 11.2 Å². The number of benzene rings is 9. The maximum Gasteiger partial charge on any atom is 0.164 e. The van der Waals surface area contributed by atoms with E-state index in [-0.39, 0.29) is 0 Å². The summed E-state index contributed by atoms with van der Waals surface area (Å²) < 4.78 is 6.93. The maximum absolute atomic E-state index is 6.93. The zero-order chi connectivity index (χ0) is 44.8. The Morgan fingerprint density at radius 2 is 0.779 bits per heavy atom. The normalized spacial score (nSPS) is 14.2. The van der Waals surface area contributed by atoms with Crippen molar-refractivity contribution in [3.63, 3.8) is 0 Å². The van der Waals surface area contributed by atoms with Crippen molar-refractivity contribution in [1.82, 2.24) is 24.9 Å². The standard InChI is InChI=1S/C62H37N5O/c1-5-17-38(18-6-1)53-37-54(64-58(63-53)39-19-7-2-8-20-39)42-29-32-48-52(35-42)62(50-34-33-47-46-26-14-16-28-55(46)68-57(47)56(48)50)49-27-15-13-25-44(49)45-31-30-43(36-51(45)62)61-66-59(40-21-9-3-10-22-40)65-60(67-61)41-23-11-4-12-24-41/h1-37H/t62-/m1/s1. The highest BCUT2D eigenvalue weighted by atomic mass is 16.3. The van der Waals surface area contributed by atoms with E-state index in [1.807, 2.05) is 91.0 Å². The third-order valence-corrected chi connectivity index (χ3v) is 13.8. The first-order chi connectivity index (χ1) is 33.7. The molecule has 14 rings (SSSR count). The number of furan rings is 1. The Kier molecular flexibility index (Phi) is 8.39. The Hall–Kier alpha value is -9.13. The average Bonchev–Trinajstić information content (AvgIpc) is 4.05. The van der Waals surface area contributed by atoms with E-state index in [0.29, 0.717) is 23.3 Å². The highest BCUT2D eigenvalue weighted by molar-refractivity contribution is 6.13. The number of fused-ring (bicyclic) bond motifs is 14. The third kappa shape index (κ3) is 5.74. The summed E-state index contributed by atoms with van der Waals surface area (Å²) in [7, 11) is 0. The van der Waals surface area contributed by atoms with E-state index in [4.69, 9.17) is 29.3 Å². The highest BCUT2D eigenvalue weighted by Crippen LogP contribution is 2.65. The van der Waals surface area contributed by atoms with E-state index in [1.54, 1.807) is 0 Å². The predicted molar refractivity (Wildman–Crippen MR) is 272 cm³/mol. The van der Waals surface area contributed by atoms with Crippen LogP contribution in [0.3, 0.4) is 0 Å². The largest absolute Gasteiger partial charge is 0.455 e. The van der Waals surface area contributed by atoms with Crippen molar-refractivity contribution in [2.75, 3.05) is 0 Å². The molecule has 0 aliphatic heterocycles. The molecule has 1 spiro atoms. The molecule has 0 bridgehead atoms. The van der Waals surface area contributed by atoms with Crippen molar-refractivity contribution in [1.29, 1.82) is 0 Å². The SMILES string of the molecule is c1ccc(-c2cc(-c3ccc4c(c3)[C@]3(c5ccccc5-c5ccc(-c6nc(-c7ccccc7)nc(-c7ccccc7)n6)cc53)c3ccc5c(oc6ccccc65)c3-4)nc(-c3ccccc3)n2)cc1. The number of para-hydroxylation sites is 1. The molecule has 3 heterocycles. The van der Waals surface area contributed by atoms with Crippen LogP contribution in [0.5, 0.6) is 0 Å². The number of aromatic nitrogens is 5. The van der Waals surface area contributed by atoms with Gasteiger partial charge in [0.05, 0.1) is 16.8 Å². The summed E-state index contributed by atoms with van der Waals surface area (Å²) in [5.74, 6) is 2.52. The van der Waals surface area contributed by atoms with Crippen molar-refractivity contribution >= 4 is 21.9 Å². The van der Waals surface area contributed by atoms with Gasteiger partial charge >= 0.3 is 0 Å². The average molecular weight is 868 g/mol. The van der Waals surface area contributed by atoms with Crippen LogP contribution in [0.2, 0.25) is 0 Å². The molecule has 6 heteroatoms. The lowest BCUT2D eigenvalue weighted by Gasteiger charge is -2.31. The van der Waals surface area contributed by atoms with Crippen molar-refractivity contribution in [2.24, 2.45) is 0 Å². The Labute approximate surface area is 392 Å². The van der Waals surface area contributed by atoms with Crippen LogP contribution in [0, 0.1) is 0 Å². The van der Waals surface area contributed by atoms with Crippen LogP contribution in [0.15, 0.2) is 229 Å². The van der Waals surface area contributed by atoms with E-state index in [1.165, 1.54) is 22.3 Å². The topological polar surface area (TPSA) is 77.6 Å². The van der Waals surface area contributed by atoms with Gasteiger partial charge in [-0.1, -0.05) is 200 Å². The molecular formula is C62H37N5O. The Morgan fingerprint density at radius 3 is 1.46 bits per heavy atom.